The van der Waals surface area contributed by atoms with Crippen LogP contribution in [-0.4, -0.2) is 50.8 Å². The van der Waals surface area contributed by atoms with E-state index in [0.717, 1.165) is 31.2 Å². The number of hydrogen-bond donors (Lipinski definition) is 2. The van der Waals surface area contributed by atoms with Gasteiger partial charge in [0.1, 0.15) is 0 Å². The molecule has 7 heteroatoms. The second-order valence-corrected chi connectivity index (χ2v) is 5.68. The van der Waals surface area contributed by atoms with Crippen molar-refractivity contribution in [2.24, 2.45) is 10.7 Å². The number of halogens is 1. The maximum Gasteiger partial charge on any atom is 0.188 e. The molecule has 1 aromatic rings. The van der Waals surface area contributed by atoms with Crippen LogP contribution in [0.2, 0.25) is 0 Å². The molecule has 0 saturated heterocycles. The Hall–Kier alpha value is -1.22. The Kier molecular flexibility index (Phi) is 9.20. The molecule has 3 N–H and O–H groups in total. The number of likely N-dealkylation sites (N-methyl/N-ethyl adjacent to an activating group) is 1. The van der Waals surface area contributed by atoms with Gasteiger partial charge in [0.05, 0.1) is 20.8 Å². The molecule has 1 fully saturated rings. The van der Waals surface area contributed by atoms with Gasteiger partial charge in [0.15, 0.2) is 17.5 Å². The molecule has 0 bridgehead atoms. The first-order valence-electron chi connectivity index (χ1n) is 8.16. The molecule has 2 rings (SSSR count). The van der Waals surface area contributed by atoms with Crippen molar-refractivity contribution in [1.29, 1.82) is 0 Å². The highest BCUT2D eigenvalue weighted by Gasteiger charge is 2.27. The van der Waals surface area contributed by atoms with Gasteiger partial charge in [-0.05, 0) is 37.1 Å². The number of nitrogens with zero attached hydrogens (tertiary/aromatic N) is 2. The lowest BCUT2D eigenvalue weighted by atomic mass is 10.2. The highest BCUT2D eigenvalue weighted by Crippen LogP contribution is 2.27. The summed E-state index contributed by atoms with van der Waals surface area (Å²) in [6.07, 6.45) is 2.66. The molecule has 1 aliphatic carbocycles. The zero-order valence-electron chi connectivity index (χ0n) is 14.7. The summed E-state index contributed by atoms with van der Waals surface area (Å²) in [5.41, 5.74) is 6.96. The van der Waals surface area contributed by atoms with Gasteiger partial charge in [-0.3, -0.25) is 4.90 Å². The van der Waals surface area contributed by atoms with E-state index in [4.69, 9.17) is 15.2 Å². The van der Waals surface area contributed by atoms with E-state index in [-0.39, 0.29) is 24.0 Å². The number of rotatable bonds is 9. The average Bonchev–Trinajstić information content (AvgIpc) is 3.41. The fourth-order valence-corrected chi connectivity index (χ4v) is 2.58. The number of benzene rings is 1. The predicted octanol–water partition coefficient (Wildman–Crippen LogP) is 2.21. The van der Waals surface area contributed by atoms with Crippen molar-refractivity contribution >= 4 is 29.9 Å². The second-order valence-electron chi connectivity index (χ2n) is 5.68. The molecular formula is C17H29IN4O2. The molecule has 1 aromatic carbocycles. The SMILES string of the molecule is CCN(CCNC(N)=NCc1ccc(OC)c(OC)c1)C1CC1.I. The van der Waals surface area contributed by atoms with Crippen molar-refractivity contribution < 1.29 is 9.47 Å². The zero-order chi connectivity index (χ0) is 16.7. The van der Waals surface area contributed by atoms with Gasteiger partial charge in [-0.15, -0.1) is 24.0 Å². The zero-order valence-corrected chi connectivity index (χ0v) is 17.1. The number of guanidine groups is 1. The molecule has 1 aliphatic rings. The smallest absolute Gasteiger partial charge is 0.188 e. The van der Waals surface area contributed by atoms with Crippen molar-refractivity contribution in [1.82, 2.24) is 10.2 Å². The lowest BCUT2D eigenvalue weighted by Gasteiger charge is -2.19. The Morgan fingerprint density at radius 3 is 2.58 bits per heavy atom. The van der Waals surface area contributed by atoms with E-state index in [0.29, 0.717) is 24.0 Å². The van der Waals surface area contributed by atoms with Crippen LogP contribution in [0.15, 0.2) is 23.2 Å². The molecule has 0 aromatic heterocycles. The van der Waals surface area contributed by atoms with Crippen molar-refractivity contribution in [3.63, 3.8) is 0 Å². The molecule has 6 nitrogen and oxygen atoms in total. The fourth-order valence-electron chi connectivity index (χ4n) is 2.58. The van der Waals surface area contributed by atoms with E-state index < -0.39 is 0 Å². The summed E-state index contributed by atoms with van der Waals surface area (Å²) in [6, 6.07) is 6.54. The van der Waals surface area contributed by atoms with Crippen LogP contribution < -0.4 is 20.5 Å². The van der Waals surface area contributed by atoms with Gasteiger partial charge in [0.25, 0.3) is 0 Å². The first-order valence-corrected chi connectivity index (χ1v) is 8.16. The molecular weight excluding hydrogens is 419 g/mol. The minimum absolute atomic E-state index is 0. The number of hydrogen-bond acceptors (Lipinski definition) is 4. The van der Waals surface area contributed by atoms with E-state index in [2.05, 4.69) is 22.1 Å². The van der Waals surface area contributed by atoms with E-state index >= 15 is 0 Å². The van der Waals surface area contributed by atoms with Crippen LogP contribution in [0.3, 0.4) is 0 Å². The Morgan fingerprint density at radius 1 is 1.29 bits per heavy atom. The van der Waals surface area contributed by atoms with Crippen molar-refractivity contribution in [2.75, 3.05) is 33.9 Å². The third kappa shape index (κ3) is 6.35. The van der Waals surface area contributed by atoms with Gasteiger partial charge in [-0.1, -0.05) is 13.0 Å². The molecule has 0 spiro atoms. The van der Waals surface area contributed by atoms with Gasteiger partial charge in [-0.2, -0.15) is 0 Å². The first-order chi connectivity index (χ1) is 11.2. The summed E-state index contributed by atoms with van der Waals surface area (Å²) in [7, 11) is 3.25. The number of nitrogens with one attached hydrogen (secondary N) is 1. The Bertz CT molecular complexity index is 535. The van der Waals surface area contributed by atoms with Gasteiger partial charge >= 0.3 is 0 Å². The van der Waals surface area contributed by atoms with Gasteiger partial charge in [-0.25, -0.2) is 4.99 Å². The topological polar surface area (TPSA) is 72.1 Å². The number of nitrogens with two attached hydrogens (primary N) is 1. The lowest BCUT2D eigenvalue weighted by Crippen LogP contribution is -2.39. The standard InChI is InChI=1S/C17H28N4O2.HI/c1-4-21(14-6-7-14)10-9-19-17(18)20-12-13-5-8-15(22-2)16(11-13)23-3;/h5,8,11,14H,4,6-7,9-10,12H2,1-3H3,(H3,18,19,20);1H. The van der Waals surface area contributed by atoms with E-state index in [1.54, 1.807) is 14.2 Å². The molecule has 24 heavy (non-hydrogen) atoms. The summed E-state index contributed by atoms with van der Waals surface area (Å²) < 4.78 is 10.5. The van der Waals surface area contributed by atoms with Crippen molar-refractivity contribution in [3.05, 3.63) is 23.8 Å². The quantitative estimate of drug-likeness (QED) is 0.345. The van der Waals surface area contributed by atoms with E-state index in [1.807, 2.05) is 18.2 Å². The Morgan fingerprint density at radius 2 is 2.00 bits per heavy atom. The maximum absolute atomic E-state index is 5.93. The minimum atomic E-state index is 0. The molecule has 0 unspecified atom stereocenters. The number of aliphatic imine (C=N–C) groups is 1. The molecule has 0 atom stereocenters. The van der Waals surface area contributed by atoms with Crippen LogP contribution in [0.5, 0.6) is 11.5 Å². The van der Waals surface area contributed by atoms with Crippen LogP contribution in [0.4, 0.5) is 0 Å². The number of methoxy groups -OCH3 is 2. The highest BCUT2D eigenvalue weighted by atomic mass is 127. The molecule has 136 valence electrons. The van der Waals surface area contributed by atoms with Crippen LogP contribution in [0.1, 0.15) is 25.3 Å². The van der Waals surface area contributed by atoms with Gasteiger partial charge in [0.2, 0.25) is 0 Å². The Balaban J connectivity index is 0.00000288. The lowest BCUT2D eigenvalue weighted by molar-refractivity contribution is 0.282. The van der Waals surface area contributed by atoms with E-state index in [1.165, 1.54) is 12.8 Å². The second kappa shape index (κ2) is 10.6. The van der Waals surface area contributed by atoms with Gasteiger partial charge < -0.3 is 20.5 Å². The van der Waals surface area contributed by atoms with Crippen molar-refractivity contribution in [2.45, 2.75) is 32.4 Å². The van der Waals surface area contributed by atoms with Crippen LogP contribution >= 0.6 is 24.0 Å². The molecule has 0 aliphatic heterocycles. The third-order valence-electron chi connectivity index (χ3n) is 4.05. The van der Waals surface area contributed by atoms with Crippen LogP contribution in [-0.2, 0) is 6.54 Å². The van der Waals surface area contributed by atoms with Crippen LogP contribution in [0.25, 0.3) is 0 Å². The fraction of sp³-hybridized carbons (Fsp3) is 0.588. The maximum atomic E-state index is 5.93. The third-order valence-corrected chi connectivity index (χ3v) is 4.05. The minimum Gasteiger partial charge on any atom is -0.493 e. The van der Waals surface area contributed by atoms with Gasteiger partial charge in [0, 0.05) is 19.1 Å². The predicted molar refractivity (Wildman–Crippen MR) is 109 cm³/mol. The summed E-state index contributed by atoms with van der Waals surface area (Å²) in [5, 5.41) is 3.18. The average molecular weight is 448 g/mol. The Labute approximate surface area is 161 Å². The summed E-state index contributed by atoms with van der Waals surface area (Å²) in [5.74, 6) is 1.90. The summed E-state index contributed by atoms with van der Waals surface area (Å²) in [4.78, 5) is 6.86. The monoisotopic (exact) mass is 448 g/mol. The molecule has 1 saturated carbocycles. The normalized spacial score (nSPS) is 14.2. The molecule has 0 heterocycles. The first kappa shape index (κ1) is 20.8. The highest BCUT2D eigenvalue weighted by molar-refractivity contribution is 14.0. The molecule has 0 radical (unpaired) electrons. The van der Waals surface area contributed by atoms with Crippen molar-refractivity contribution in [3.8, 4) is 11.5 Å². The number of ether oxygens (including phenoxy) is 2. The largest absolute Gasteiger partial charge is 0.493 e. The molecule has 0 amide bonds. The summed E-state index contributed by atoms with van der Waals surface area (Å²) in [6.45, 7) is 5.64. The van der Waals surface area contributed by atoms with Crippen LogP contribution in [0, 0.1) is 0 Å². The summed E-state index contributed by atoms with van der Waals surface area (Å²) >= 11 is 0. The van der Waals surface area contributed by atoms with E-state index in [9.17, 15) is 0 Å².